The van der Waals surface area contributed by atoms with Crippen molar-refractivity contribution in [2.24, 2.45) is 5.92 Å². The lowest BCUT2D eigenvalue weighted by atomic mass is 9.79. The third kappa shape index (κ3) is 5.91. The minimum absolute atomic E-state index is 0.0765. The Kier molecular flexibility index (Phi) is 8.34. The van der Waals surface area contributed by atoms with Crippen molar-refractivity contribution in [2.75, 3.05) is 19.8 Å². The fraction of sp³-hybridized carbons (Fsp3) is 0.542. The van der Waals surface area contributed by atoms with Crippen molar-refractivity contribution < 1.29 is 31.8 Å². The molecule has 0 spiro atoms. The van der Waals surface area contributed by atoms with Crippen LogP contribution in [0.15, 0.2) is 30.5 Å². The summed E-state index contributed by atoms with van der Waals surface area (Å²) in [4.78, 5) is 3.98. The highest BCUT2D eigenvalue weighted by Crippen LogP contribution is 2.38. The van der Waals surface area contributed by atoms with Crippen LogP contribution in [-0.2, 0) is 10.8 Å². The van der Waals surface area contributed by atoms with E-state index in [9.17, 15) is 17.6 Å². The van der Waals surface area contributed by atoms with Gasteiger partial charge >= 0.3 is 6.11 Å². The molecule has 0 amide bonds. The molecular weight excluding hydrogens is 426 g/mol. The molecule has 0 aliphatic heterocycles. The van der Waals surface area contributed by atoms with Gasteiger partial charge in [-0.3, -0.25) is 0 Å². The largest absolute Gasteiger partial charge is 0.491 e. The normalized spacial score (nSPS) is 19.1. The van der Waals surface area contributed by atoms with Gasteiger partial charge in [0.05, 0.1) is 6.61 Å². The number of ether oxygens (including phenoxy) is 3. The van der Waals surface area contributed by atoms with E-state index >= 15 is 0 Å². The molecule has 1 aromatic carbocycles. The maximum atomic E-state index is 14.5. The summed E-state index contributed by atoms with van der Waals surface area (Å²) in [5, 5.41) is 0. The molecule has 3 rings (SSSR count). The van der Waals surface area contributed by atoms with Gasteiger partial charge in [-0.2, -0.15) is 13.2 Å². The SMILES string of the molecule is CCCOCC1CCC(c2ccc(OC(F)(F)c3ccc(OCC)c(F)c3F)nc2)CC1. The topological polar surface area (TPSA) is 40.6 Å². The van der Waals surface area contributed by atoms with Gasteiger partial charge in [-0.05, 0) is 68.6 Å². The first-order valence-electron chi connectivity index (χ1n) is 11.1. The highest BCUT2D eigenvalue weighted by atomic mass is 19.3. The average Bonchev–Trinajstić information content (AvgIpc) is 2.78. The van der Waals surface area contributed by atoms with Crippen molar-refractivity contribution >= 4 is 0 Å². The second kappa shape index (κ2) is 11.0. The van der Waals surface area contributed by atoms with Gasteiger partial charge in [0.1, 0.15) is 5.56 Å². The molecule has 0 N–H and O–H groups in total. The molecule has 1 aliphatic carbocycles. The predicted molar refractivity (Wildman–Crippen MR) is 112 cm³/mol. The lowest BCUT2D eigenvalue weighted by Crippen LogP contribution is -2.24. The first-order valence-corrected chi connectivity index (χ1v) is 11.1. The number of nitrogens with zero attached hydrogens (tertiary/aromatic N) is 1. The zero-order valence-electron chi connectivity index (χ0n) is 18.4. The molecule has 2 aromatic rings. The Morgan fingerprint density at radius 3 is 2.38 bits per heavy atom. The van der Waals surface area contributed by atoms with E-state index < -0.39 is 29.1 Å². The van der Waals surface area contributed by atoms with Crippen molar-refractivity contribution in [3.05, 3.63) is 53.2 Å². The monoisotopic (exact) mass is 455 g/mol. The van der Waals surface area contributed by atoms with E-state index in [4.69, 9.17) is 9.47 Å². The number of halogens is 4. The highest BCUT2D eigenvalue weighted by Gasteiger charge is 2.40. The third-order valence-corrected chi connectivity index (χ3v) is 5.67. The molecule has 1 heterocycles. The molecule has 0 radical (unpaired) electrons. The maximum Gasteiger partial charge on any atom is 0.430 e. The Morgan fingerprint density at radius 2 is 1.75 bits per heavy atom. The van der Waals surface area contributed by atoms with E-state index in [1.807, 2.05) is 0 Å². The van der Waals surface area contributed by atoms with Gasteiger partial charge < -0.3 is 14.2 Å². The summed E-state index contributed by atoms with van der Waals surface area (Å²) >= 11 is 0. The van der Waals surface area contributed by atoms with Crippen molar-refractivity contribution in [1.29, 1.82) is 0 Å². The van der Waals surface area contributed by atoms with Gasteiger partial charge in [-0.1, -0.05) is 13.0 Å². The van der Waals surface area contributed by atoms with Crippen molar-refractivity contribution in [3.8, 4) is 11.6 Å². The maximum absolute atomic E-state index is 14.5. The second-order valence-corrected chi connectivity index (χ2v) is 8.01. The molecule has 32 heavy (non-hydrogen) atoms. The van der Waals surface area contributed by atoms with Crippen LogP contribution in [0.25, 0.3) is 0 Å². The van der Waals surface area contributed by atoms with Crippen LogP contribution in [0.4, 0.5) is 17.6 Å². The Balaban J connectivity index is 1.61. The standard InChI is InChI=1S/C24H29F4NO3/c1-3-13-30-15-16-5-7-17(8-6-16)18-9-12-21(29-14-18)32-24(27,28)19-10-11-20(31-4-2)23(26)22(19)25/h9-12,14,16-17H,3-8,13,15H2,1-2H3. The summed E-state index contributed by atoms with van der Waals surface area (Å²) in [5.74, 6) is -3.13. The summed E-state index contributed by atoms with van der Waals surface area (Å²) in [6.07, 6.45) is 2.48. The lowest BCUT2D eigenvalue weighted by molar-refractivity contribution is -0.189. The van der Waals surface area contributed by atoms with Gasteiger partial charge in [0.2, 0.25) is 11.7 Å². The van der Waals surface area contributed by atoms with E-state index in [1.54, 1.807) is 13.0 Å². The van der Waals surface area contributed by atoms with Gasteiger partial charge in [0, 0.05) is 25.5 Å². The molecule has 8 heteroatoms. The van der Waals surface area contributed by atoms with Crippen molar-refractivity contribution in [1.82, 2.24) is 4.98 Å². The van der Waals surface area contributed by atoms with Gasteiger partial charge in [0.15, 0.2) is 11.6 Å². The van der Waals surface area contributed by atoms with Crippen LogP contribution in [0.1, 0.15) is 63.0 Å². The number of rotatable bonds is 10. The van der Waals surface area contributed by atoms with Crippen LogP contribution in [0.2, 0.25) is 0 Å². The van der Waals surface area contributed by atoms with Gasteiger partial charge in [-0.25, -0.2) is 9.37 Å². The number of pyridine rings is 1. The number of hydrogen-bond acceptors (Lipinski definition) is 4. The van der Waals surface area contributed by atoms with Gasteiger partial charge in [-0.15, -0.1) is 0 Å². The Morgan fingerprint density at radius 1 is 1.00 bits per heavy atom. The van der Waals surface area contributed by atoms with Crippen LogP contribution in [0.3, 0.4) is 0 Å². The summed E-state index contributed by atoms with van der Waals surface area (Å²) in [5.41, 5.74) is -0.264. The Bertz CT molecular complexity index is 868. The smallest absolute Gasteiger partial charge is 0.430 e. The fourth-order valence-electron chi connectivity index (χ4n) is 3.96. The minimum atomic E-state index is -4.10. The minimum Gasteiger partial charge on any atom is -0.491 e. The van der Waals surface area contributed by atoms with Crippen LogP contribution in [-0.4, -0.2) is 24.8 Å². The molecule has 1 fully saturated rings. The molecule has 1 aliphatic rings. The van der Waals surface area contributed by atoms with Crippen LogP contribution < -0.4 is 9.47 Å². The highest BCUT2D eigenvalue weighted by molar-refractivity contribution is 5.33. The van der Waals surface area contributed by atoms with Crippen molar-refractivity contribution in [3.63, 3.8) is 0 Å². The molecule has 0 saturated heterocycles. The first kappa shape index (κ1) is 24.3. The Labute approximate surface area is 185 Å². The molecule has 1 saturated carbocycles. The zero-order chi connectivity index (χ0) is 23.1. The van der Waals surface area contributed by atoms with E-state index in [0.717, 1.165) is 63.0 Å². The lowest BCUT2D eigenvalue weighted by Gasteiger charge is -2.28. The molecular formula is C24H29F4NO3. The molecule has 1 aromatic heterocycles. The molecule has 4 nitrogen and oxygen atoms in total. The second-order valence-electron chi connectivity index (χ2n) is 8.01. The number of alkyl halides is 2. The summed E-state index contributed by atoms with van der Waals surface area (Å²) in [6, 6.07) is 4.74. The van der Waals surface area contributed by atoms with Crippen LogP contribution in [0.5, 0.6) is 11.6 Å². The number of benzene rings is 1. The predicted octanol–water partition coefficient (Wildman–Crippen LogP) is 6.59. The zero-order valence-corrected chi connectivity index (χ0v) is 18.4. The van der Waals surface area contributed by atoms with Crippen LogP contribution in [0, 0.1) is 17.6 Å². The number of aromatic nitrogens is 1. The quantitative estimate of drug-likeness (QED) is 0.299. The van der Waals surface area contributed by atoms with E-state index in [2.05, 4.69) is 16.6 Å². The van der Waals surface area contributed by atoms with E-state index in [-0.39, 0.29) is 12.5 Å². The summed E-state index contributed by atoms with van der Waals surface area (Å²) in [7, 11) is 0. The average molecular weight is 455 g/mol. The summed E-state index contributed by atoms with van der Waals surface area (Å²) < 4.78 is 72.3. The first-order chi connectivity index (χ1) is 15.4. The summed E-state index contributed by atoms with van der Waals surface area (Å²) in [6.45, 7) is 5.30. The molecule has 0 bridgehead atoms. The van der Waals surface area contributed by atoms with Crippen molar-refractivity contribution in [2.45, 2.75) is 58.0 Å². The van der Waals surface area contributed by atoms with E-state index in [1.165, 1.54) is 12.3 Å². The fourth-order valence-corrected chi connectivity index (χ4v) is 3.96. The molecule has 176 valence electrons. The molecule has 0 unspecified atom stereocenters. The third-order valence-electron chi connectivity index (χ3n) is 5.67. The van der Waals surface area contributed by atoms with E-state index in [0.29, 0.717) is 11.8 Å². The molecule has 0 atom stereocenters. The number of hydrogen-bond donors (Lipinski definition) is 0. The van der Waals surface area contributed by atoms with Gasteiger partial charge in [0.25, 0.3) is 0 Å². The van der Waals surface area contributed by atoms with Crippen LogP contribution >= 0.6 is 0 Å². The Hall–Kier alpha value is -2.35.